The van der Waals surface area contributed by atoms with Crippen molar-refractivity contribution in [1.29, 1.82) is 0 Å². The van der Waals surface area contributed by atoms with Gasteiger partial charge in [-0.2, -0.15) is 0 Å². The molecule has 11 atom stereocenters. The van der Waals surface area contributed by atoms with Gasteiger partial charge in [0.2, 0.25) is 0 Å². The van der Waals surface area contributed by atoms with Crippen LogP contribution in [0, 0.1) is 56.7 Å². The lowest BCUT2D eigenvalue weighted by Gasteiger charge is -2.73. The summed E-state index contributed by atoms with van der Waals surface area (Å²) in [7, 11) is 1.57. The molecule has 0 amide bonds. The second kappa shape index (κ2) is 7.82. The molecule has 0 spiro atoms. The molecule has 4 heteroatoms. The summed E-state index contributed by atoms with van der Waals surface area (Å²) in [6.07, 6.45) is 7.98. The maximum Gasteiger partial charge on any atom is 0.312 e. The van der Waals surface area contributed by atoms with Gasteiger partial charge in [0.25, 0.3) is 0 Å². The second-order valence-electron chi connectivity index (χ2n) is 14.9. The lowest BCUT2D eigenvalue weighted by Crippen LogP contribution is -2.68. The van der Waals surface area contributed by atoms with Crippen molar-refractivity contribution in [1.82, 2.24) is 0 Å². The lowest BCUT2D eigenvalue weighted by atomic mass is 9.32. The van der Waals surface area contributed by atoms with Gasteiger partial charge in [0.1, 0.15) is 0 Å². The maximum absolute atomic E-state index is 13.4. The number of carbonyl (C=O) groups is 1. The molecule has 4 nitrogen and oxygen atoms in total. The predicted molar refractivity (Wildman–Crippen MR) is 138 cm³/mol. The summed E-state index contributed by atoms with van der Waals surface area (Å²) in [4.78, 5) is 13.4. The molecule has 0 aromatic carbocycles. The van der Waals surface area contributed by atoms with E-state index in [1.807, 2.05) is 0 Å². The third kappa shape index (κ3) is 3.02. The van der Waals surface area contributed by atoms with E-state index in [-0.39, 0.29) is 33.0 Å². The van der Waals surface area contributed by atoms with Crippen molar-refractivity contribution in [2.24, 2.45) is 56.7 Å². The highest BCUT2D eigenvalue weighted by atomic mass is 16.5. The van der Waals surface area contributed by atoms with Crippen molar-refractivity contribution in [3.05, 3.63) is 12.2 Å². The van der Waals surface area contributed by atoms with Gasteiger partial charge in [-0.05, 0) is 116 Å². The van der Waals surface area contributed by atoms with E-state index in [0.29, 0.717) is 36.0 Å². The van der Waals surface area contributed by atoms with Crippen LogP contribution in [-0.2, 0) is 9.53 Å². The normalized spacial score (nSPS) is 54.6. The first-order chi connectivity index (χ1) is 16.2. The SMILES string of the molecule is C=C(C)C1CC[C@]2(C(=O)OC)CC[C@]3(C)C(CCC4[C@@]5(C)C[C@@H](O)[C@H](O)C(C)(C)C5CC[C@]43C)C12. The Balaban J connectivity index is 1.57. The smallest absolute Gasteiger partial charge is 0.312 e. The summed E-state index contributed by atoms with van der Waals surface area (Å²) in [5.41, 5.74) is 0.927. The van der Waals surface area contributed by atoms with Crippen molar-refractivity contribution in [3.63, 3.8) is 0 Å². The van der Waals surface area contributed by atoms with Gasteiger partial charge in [-0.15, -0.1) is 0 Å². The average Bonchev–Trinajstić information content (AvgIpc) is 3.18. The Bertz CT molecular complexity index is 910. The summed E-state index contributed by atoms with van der Waals surface area (Å²) in [5, 5.41) is 22.0. The molecule has 5 unspecified atom stereocenters. The minimum absolute atomic E-state index is 0.0161. The fraction of sp³-hybridized carbons (Fsp3) is 0.903. The maximum atomic E-state index is 13.4. The van der Waals surface area contributed by atoms with E-state index in [2.05, 4.69) is 48.1 Å². The van der Waals surface area contributed by atoms with Crippen LogP contribution in [0.4, 0.5) is 0 Å². The molecule has 5 aliphatic carbocycles. The first-order valence-corrected chi connectivity index (χ1v) is 14.3. The highest BCUT2D eigenvalue weighted by Gasteiger charge is 2.72. The quantitative estimate of drug-likeness (QED) is 0.363. The number of hydrogen-bond acceptors (Lipinski definition) is 4. The molecule has 0 aliphatic heterocycles. The zero-order valence-corrected chi connectivity index (χ0v) is 23.3. The summed E-state index contributed by atoms with van der Waals surface area (Å²) in [5.74, 6) is 2.17. The van der Waals surface area contributed by atoms with Gasteiger partial charge in [0.05, 0.1) is 24.7 Å². The van der Waals surface area contributed by atoms with Crippen molar-refractivity contribution >= 4 is 5.97 Å². The molecule has 2 N–H and O–H groups in total. The first kappa shape index (κ1) is 25.8. The summed E-state index contributed by atoms with van der Waals surface area (Å²) in [6, 6.07) is 0. The fourth-order valence-electron chi connectivity index (χ4n) is 11.8. The number of ether oxygens (including phenoxy) is 1. The highest BCUT2D eigenvalue weighted by molar-refractivity contribution is 5.78. The van der Waals surface area contributed by atoms with E-state index in [0.717, 1.165) is 44.9 Å². The molecular weight excluding hydrogens is 436 g/mol. The number of allylic oxidation sites excluding steroid dienone is 1. The molecule has 0 radical (unpaired) electrons. The molecule has 5 aliphatic rings. The van der Waals surface area contributed by atoms with E-state index in [9.17, 15) is 15.0 Å². The van der Waals surface area contributed by atoms with Crippen LogP contribution in [-0.4, -0.2) is 35.5 Å². The van der Waals surface area contributed by atoms with Crippen LogP contribution in [0.2, 0.25) is 0 Å². The third-order valence-electron chi connectivity index (χ3n) is 13.6. The largest absolute Gasteiger partial charge is 0.469 e. The molecule has 5 rings (SSSR count). The number of esters is 1. The van der Waals surface area contributed by atoms with Gasteiger partial charge in [0.15, 0.2) is 0 Å². The van der Waals surface area contributed by atoms with Crippen molar-refractivity contribution in [2.45, 2.75) is 112 Å². The number of aliphatic hydroxyl groups excluding tert-OH is 2. The Hall–Kier alpha value is -0.870. The van der Waals surface area contributed by atoms with Gasteiger partial charge in [-0.3, -0.25) is 4.79 Å². The van der Waals surface area contributed by atoms with Crippen LogP contribution in [0.1, 0.15) is 99.3 Å². The van der Waals surface area contributed by atoms with Gasteiger partial charge >= 0.3 is 5.97 Å². The standard InChI is InChI=1S/C31H50O4/c1-18(2)19-11-14-31(26(34)35-8)16-15-29(6)20(24(19)31)9-10-23-28(5)17-21(32)25(33)27(3,4)22(28)12-13-30(23,29)7/h19-25,32-33H,1,9-17H2,2-8H3/t19?,20?,21-,22?,23?,24?,25+,28+,29-,30-,31+/m1/s1. The zero-order chi connectivity index (χ0) is 25.8. The molecule has 5 fully saturated rings. The topological polar surface area (TPSA) is 66.8 Å². The van der Waals surface area contributed by atoms with E-state index in [1.165, 1.54) is 12.0 Å². The zero-order valence-electron chi connectivity index (χ0n) is 23.3. The monoisotopic (exact) mass is 486 g/mol. The molecule has 0 saturated heterocycles. The Morgan fingerprint density at radius 2 is 1.57 bits per heavy atom. The molecular formula is C31H50O4. The van der Waals surface area contributed by atoms with Crippen LogP contribution in [0.25, 0.3) is 0 Å². The highest BCUT2D eigenvalue weighted by Crippen LogP contribution is 2.77. The summed E-state index contributed by atoms with van der Waals surface area (Å²) in [6.45, 7) is 18.5. The molecule has 0 aromatic rings. The van der Waals surface area contributed by atoms with Crippen LogP contribution in [0.15, 0.2) is 12.2 Å². The Kier molecular flexibility index (Phi) is 5.76. The molecule has 5 saturated carbocycles. The minimum atomic E-state index is -0.653. The van der Waals surface area contributed by atoms with Gasteiger partial charge in [-0.1, -0.05) is 46.8 Å². The second-order valence-corrected chi connectivity index (χ2v) is 14.9. The van der Waals surface area contributed by atoms with Crippen LogP contribution in [0.3, 0.4) is 0 Å². The number of hydrogen-bond donors (Lipinski definition) is 2. The number of rotatable bonds is 2. The Morgan fingerprint density at radius 3 is 2.20 bits per heavy atom. The third-order valence-corrected chi connectivity index (χ3v) is 13.6. The van der Waals surface area contributed by atoms with Gasteiger partial charge in [-0.25, -0.2) is 0 Å². The van der Waals surface area contributed by atoms with E-state index < -0.39 is 12.2 Å². The van der Waals surface area contributed by atoms with Gasteiger partial charge < -0.3 is 14.9 Å². The van der Waals surface area contributed by atoms with Crippen LogP contribution in [0.5, 0.6) is 0 Å². The lowest BCUT2D eigenvalue weighted by molar-refractivity contribution is -0.263. The molecule has 198 valence electrons. The summed E-state index contributed by atoms with van der Waals surface area (Å²) >= 11 is 0. The Morgan fingerprint density at radius 1 is 0.886 bits per heavy atom. The average molecular weight is 487 g/mol. The number of fused-ring (bicyclic) bond motifs is 7. The first-order valence-electron chi connectivity index (χ1n) is 14.3. The number of carbonyl (C=O) groups excluding carboxylic acids is 1. The minimum Gasteiger partial charge on any atom is -0.469 e. The molecule has 0 heterocycles. The van der Waals surface area contributed by atoms with Crippen molar-refractivity contribution in [2.75, 3.05) is 7.11 Å². The fourth-order valence-corrected chi connectivity index (χ4v) is 11.8. The Labute approximate surface area is 213 Å². The van der Waals surface area contributed by atoms with E-state index >= 15 is 0 Å². The summed E-state index contributed by atoms with van der Waals surface area (Å²) < 4.78 is 5.48. The molecule has 0 aromatic heterocycles. The van der Waals surface area contributed by atoms with E-state index in [4.69, 9.17) is 4.74 Å². The van der Waals surface area contributed by atoms with Crippen LogP contribution >= 0.6 is 0 Å². The van der Waals surface area contributed by atoms with E-state index in [1.54, 1.807) is 7.11 Å². The predicted octanol–water partition coefficient (Wildman–Crippen LogP) is 6.15. The van der Waals surface area contributed by atoms with Gasteiger partial charge in [0, 0.05) is 0 Å². The molecule has 0 bridgehead atoms. The number of methoxy groups -OCH3 is 1. The van der Waals surface area contributed by atoms with Crippen molar-refractivity contribution < 1.29 is 19.7 Å². The molecule has 35 heavy (non-hydrogen) atoms. The van der Waals surface area contributed by atoms with Crippen LogP contribution < -0.4 is 0 Å². The number of aliphatic hydroxyl groups is 2. The van der Waals surface area contributed by atoms with Crippen molar-refractivity contribution in [3.8, 4) is 0 Å².